The number of aryl methyl sites for hydroxylation is 1. The summed E-state index contributed by atoms with van der Waals surface area (Å²) in [7, 11) is 0. The van der Waals surface area contributed by atoms with E-state index >= 15 is 0 Å². The molecular weight excluding hydrogens is 470 g/mol. The normalized spacial score (nSPS) is 11.4. The maximum atomic E-state index is 10.7. The number of aliphatic carboxylic acids is 1. The summed E-state index contributed by atoms with van der Waals surface area (Å²) < 4.78 is 12.1. The van der Waals surface area contributed by atoms with Crippen molar-refractivity contribution in [1.29, 1.82) is 0 Å². The van der Waals surface area contributed by atoms with Gasteiger partial charge in [0, 0.05) is 10.7 Å². The third-order valence-corrected chi connectivity index (χ3v) is 4.95. The molecule has 5 nitrogen and oxygen atoms in total. The standard InChI is InChI=1S/C26H22BrNO4/c1-19-17-24(13-14-25(19)32-18-26(29)30)31-16-4-5-20(21-7-10-22(27)11-8-21)9-12-23-6-2-3-15-28-23/h2-8,10-11,13-15,17,20H,16,18H2,1H3,(H,29,30)/b5-4-. The Labute approximate surface area is 195 Å². The van der Waals surface area contributed by atoms with Gasteiger partial charge in [0.25, 0.3) is 0 Å². The Bertz CT molecular complexity index is 1130. The maximum Gasteiger partial charge on any atom is 0.341 e. The highest BCUT2D eigenvalue weighted by Crippen LogP contribution is 2.24. The number of carbonyl (C=O) groups is 1. The van der Waals surface area contributed by atoms with E-state index in [4.69, 9.17) is 14.6 Å². The molecule has 6 heteroatoms. The highest BCUT2D eigenvalue weighted by Gasteiger charge is 2.06. The fourth-order valence-electron chi connectivity index (χ4n) is 2.85. The molecule has 0 saturated carbocycles. The zero-order chi connectivity index (χ0) is 22.8. The molecule has 0 fully saturated rings. The lowest BCUT2D eigenvalue weighted by Crippen LogP contribution is -2.10. The van der Waals surface area contributed by atoms with E-state index in [1.54, 1.807) is 18.3 Å². The molecule has 2 aromatic carbocycles. The van der Waals surface area contributed by atoms with Crippen molar-refractivity contribution in [2.75, 3.05) is 13.2 Å². The van der Waals surface area contributed by atoms with Crippen LogP contribution in [0, 0.1) is 18.8 Å². The Morgan fingerprint density at radius 2 is 1.97 bits per heavy atom. The highest BCUT2D eigenvalue weighted by molar-refractivity contribution is 9.10. The number of pyridine rings is 1. The Morgan fingerprint density at radius 1 is 1.16 bits per heavy atom. The molecule has 1 aromatic heterocycles. The third-order valence-electron chi connectivity index (χ3n) is 4.42. The van der Waals surface area contributed by atoms with Gasteiger partial charge in [-0.2, -0.15) is 0 Å². The van der Waals surface area contributed by atoms with Crippen LogP contribution in [-0.4, -0.2) is 29.3 Å². The predicted molar refractivity (Wildman–Crippen MR) is 127 cm³/mol. The zero-order valence-electron chi connectivity index (χ0n) is 17.5. The molecule has 0 aliphatic heterocycles. The molecule has 0 aliphatic rings. The smallest absolute Gasteiger partial charge is 0.341 e. The number of rotatable bonds is 8. The molecule has 1 unspecified atom stereocenters. The van der Waals surface area contributed by atoms with E-state index < -0.39 is 5.97 Å². The number of carboxylic acid groups (broad SMARTS) is 1. The van der Waals surface area contributed by atoms with Crippen LogP contribution in [0.5, 0.6) is 11.5 Å². The van der Waals surface area contributed by atoms with Crippen LogP contribution in [-0.2, 0) is 4.79 Å². The van der Waals surface area contributed by atoms with Gasteiger partial charge >= 0.3 is 5.97 Å². The maximum absolute atomic E-state index is 10.7. The lowest BCUT2D eigenvalue weighted by molar-refractivity contribution is -0.139. The van der Waals surface area contributed by atoms with Crippen LogP contribution in [0.2, 0.25) is 0 Å². The van der Waals surface area contributed by atoms with Crippen LogP contribution < -0.4 is 9.47 Å². The van der Waals surface area contributed by atoms with Crippen LogP contribution in [0.1, 0.15) is 22.7 Å². The molecule has 0 amide bonds. The zero-order valence-corrected chi connectivity index (χ0v) is 19.1. The van der Waals surface area contributed by atoms with E-state index in [9.17, 15) is 4.79 Å². The number of hydrogen-bond acceptors (Lipinski definition) is 4. The van der Waals surface area contributed by atoms with Gasteiger partial charge in [-0.1, -0.05) is 46.1 Å². The van der Waals surface area contributed by atoms with Gasteiger partial charge in [0.1, 0.15) is 23.8 Å². The van der Waals surface area contributed by atoms with Gasteiger partial charge < -0.3 is 14.6 Å². The van der Waals surface area contributed by atoms with Crippen LogP contribution in [0.3, 0.4) is 0 Å². The average molecular weight is 492 g/mol. The molecule has 32 heavy (non-hydrogen) atoms. The van der Waals surface area contributed by atoms with E-state index in [1.807, 2.05) is 67.6 Å². The molecule has 3 aromatic rings. The van der Waals surface area contributed by atoms with E-state index in [0.29, 0.717) is 18.1 Å². The molecule has 0 saturated heterocycles. The second kappa shape index (κ2) is 11.7. The molecule has 0 bridgehead atoms. The number of benzene rings is 2. The first kappa shape index (κ1) is 23.1. The van der Waals surface area contributed by atoms with Gasteiger partial charge in [-0.3, -0.25) is 0 Å². The number of nitrogens with zero attached hydrogens (tertiary/aromatic N) is 1. The van der Waals surface area contributed by atoms with Crippen molar-refractivity contribution < 1.29 is 19.4 Å². The quantitative estimate of drug-likeness (QED) is 0.338. The van der Waals surface area contributed by atoms with E-state index in [2.05, 4.69) is 32.8 Å². The fourth-order valence-corrected chi connectivity index (χ4v) is 3.11. The number of aromatic nitrogens is 1. The number of carboxylic acids is 1. The number of allylic oxidation sites excluding steroid dienone is 1. The van der Waals surface area contributed by atoms with Gasteiger partial charge in [0.15, 0.2) is 6.61 Å². The first-order valence-electron chi connectivity index (χ1n) is 9.94. The molecule has 162 valence electrons. The molecule has 3 rings (SSSR count). The van der Waals surface area contributed by atoms with Crippen molar-refractivity contribution >= 4 is 21.9 Å². The average Bonchev–Trinajstić information content (AvgIpc) is 2.79. The minimum Gasteiger partial charge on any atom is -0.490 e. The Morgan fingerprint density at radius 3 is 2.66 bits per heavy atom. The largest absolute Gasteiger partial charge is 0.490 e. The Hall–Kier alpha value is -3.56. The van der Waals surface area contributed by atoms with Crippen molar-refractivity contribution in [2.24, 2.45) is 0 Å². The molecule has 1 atom stereocenters. The van der Waals surface area contributed by atoms with Gasteiger partial charge in [0.05, 0.1) is 5.92 Å². The summed E-state index contributed by atoms with van der Waals surface area (Å²) in [6.07, 6.45) is 5.67. The summed E-state index contributed by atoms with van der Waals surface area (Å²) in [4.78, 5) is 14.9. The lowest BCUT2D eigenvalue weighted by Gasteiger charge is -2.10. The summed E-state index contributed by atoms with van der Waals surface area (Å²) in [5.74, 6) is 6.48. The van der Waals surface area contributed by atoms with Crippen LogP contribution in [0.25, 0.3) is 0 Å². The Balaban J connectivity index is 1.66. The summed E-state index contributed by atoms with van der Waals surface area (Å²) in [6.45, 7) is 1.84. The van der Waals surface area contributed by atoms with Gasteiger partial charge in [-0.05, 0) is 72.5 Å². The van der Waals surface area contributed by atoms with Crippen molar-refractivity contribution in [3.05, 3.63) is 100 Å². The molecular formula is C26H22BrNO4. The van der Waals surface area contributed by atoms with Crippen LogP contribution in [0.4, 0.5) is 0 Å². The Kier molecular flexibility index (Phi) is 8.47. The summed E-state index contributed by atoms with van der Waals surface area (Å²) >= 11 is 3.47. The first-order valence-corrected chi connectivity index (χ1v) is 10.7. The molecule has 0 radical (unpaired) electrons. The topological polar surface area (TPSA) is 68.7 Å². The van der Waals surface area contributed by atoms with E-state index in [-0.39, 0.29) is 12.5 Å². The number of halogens is 1. The summed E-state index contributed by atoms with van der Waals surface area (Å²) in [5, 5.41) is 8.73. The van der Waals surface area contributed by atoms with Gasteiger partial charge in [0.2, 0.25) is 0 Å². The van der Waals surface area contributed by atoms with E-state index in [0.717, 1.165) is 21.3 Å². The van der Waals surface area contributed by atoms with Crippen LogP contribution in [0.15, 0.2) is 83.5 Å². The van der Waals surface area contributed by atoms with Crippen molar-refractivity contribution in [3.8, 4) is 23.3 Å². The van der Waals surface area contributed by atoms with Crippen LogP contribution >= 0.6 is 15.9 Å². The molecule has 1 heterocycles. The third kappa shape index (κ3) is 7.29. The SMILES string of the molecule is Cc1cc(OC/C=C\C(C#Cc2ccccn2)c2ccc(Br)cc2)ccc1OCC(=O)O. The number of hydrogen-bond donors (Lipinski definition) is 1. The second-order valence-corrected chi connectivity index (χ2v) is 7.78. The van der Waals surface area contributed by atoms with Crippen molar-refractivity contribution in [2.45, 2.75) is 12.8 Å². The van der Waals surface area contributed by atoms with E-state index in [1.165, 1.54) is 0 Å². The molecule has 1 N–H and O–H groups in total. The molecule has 0 aliphatic carbocycles. The predicted octanol–water partition coefficient (Wildman–Crippen LogP) is 5.39. The van der Waals surface area contributed by atoms with Gasteiger partial charge in [-0.25, -0.2) is 9.78 Å². The monoisotopic (exact) mass is 491 g/mol. The highest BCUT2D eigenvalue weighted by atomic mass is 79.9. The number of ether oxygens (including phenoxy) is 2. The second-order valence-electron chi connectivity index (χ2n) is 6.86. The lowest BCUT2D eigenvalue weighted by atomic mass is 9.99. The fraction of sp³-hybridized carbons (Fsp3) is 0.154. The first-order chi connectivity index (χ1) is 15.5. The van der Waals surface area contributed by atoms with Crippen molar-refractivity contribution in [3.63, 3.8) is 0 Å². The summed E-state index contributed by atoms with van der Waals surface area (Å²) in [5.41, 5.74) is 2.60. The minimum atomic E-state index is -1.01. The van der Waals surface area contributed by atoms with Crippen molar-refractivity contribution in [1.82, 2.24) is 4.98 Å². The van der Waals surface area contributed by atoms with Gasteiger partial charge in [-0.15, -0.1) is 0 Å². The molecule has 0 spiro atoms. The summed E-state index contributed by atoms with van der Waals surface area (Å²) in [6, 6.07) is 19.0. The minimum absolute atomic E-state index is 0.109.